The summed E-state index contributed by atoms with van der Waals surface area (Å²) in [5.41, 5.74) is 0.657. The molecule has 1 fully saturated rings. The van der Waals surface area contributed by atoms with E-state index in [4.69, 9.17) is 0 Å². The molecule has 134 valence electrons. The van der Waals surface area contributed by atoms with Gasteiger partial charge in [0.05, 0.1) is 12.1 Å². The summed E-state index contributed by atoms with van der Waals surface area (Å²) in [6, 6.07) is 2.22. The number of nitrogens with zero attached hydrogens (tertiary/aromatic N) is 1. The van der Waals surface area contributed by atoms with E-state index in [0.29, 0.717) is 18.4 Å². The average molecular weight is 343 g/mol. The van der Waals surface area contributed by atoms with Crippen LogP contribution in [-0.4, -0.2) is 34.9 Å². The third kappa shape index (κ3) is 5.59. The van der Waals surface area contributed by atoms with Gasteiger partial charge in [-0.2, -0.15) is 8.78 Å². The minimum absolute atomic E-state index is 0.0732. The molecule has 1 aliphatic rings. The fraction of sp³-hybridized carbons (Fsp3) is 0.625. The van der Waals surface area contributed by atoms with Gasteiger partial charge in [0.2, 0.25) is 5.88 Å². The van der Waals surface area contributed by atoms with Gasteiger partial charge < -0.3 is 20.5 Å². The van der Waals surface area contributed by atoms with Gasteiger partial charge in [-0.3, -0.25) is 0 Å². The van der Waals surface area contributed by atoms with Crippen molar-refractivity contribution in [3.8, 4) is 5.88 Å². The van der Waals surface area contributed by atoms with E-state index in [1.165, 1.54) is 12.3 Å². The van der Waals surface area contributed by atoms with Crippen LogP contribution in [0.5, 0.6) is 5.88 Å². The molecule has 0 aliphatic heterocycles. The first-order chi connectivity index (χ1) is 11.2. The molecule has 2 rings (SSSR count). The summed E-state index contributed by atoms with van der Waals surface area (Å²) < 4.78 is 28.5. The van der Waals surface area contributed by atoms with Gasteiger partial charge in [0.15, 0.2) is 0 Å². The van der Waals surface area contributed by atoms with Crippen molar-refractivity contribution in [2.24, 2.45) is 5.41 Å². The van der Waals surface area contributed by atoms with Crippen LogP contribution in [0.2, 0.25) is 0 Å². The molecule has 1 heterocycles. The van der Waals surface area contributed by atoms with Gasteiger partial charge in [0.25, 0.3) is 0 Å². The second kappa shape index (κ2) is 7.74. The standard InChI is InChI=1S/C16H23F2N3O3/c1-16(2)5-3-12(22)11(8-16)21-15(23)20-9-10-4-6-19-13(7-10)24-14(17)18/h4,6-7,11-12,14,22H,3,5,8-9H2,1-2H3,(H2,20,21,23)/t11-,12-/m0/s1. The first-order valence-corrected chi connectivity index (χ1v) is 7.87. The number of carbonyl (C=O) groups is 1. The van der Waals surface area contributed by atoms with Crippen molar-refractivity contribution >= 4 is 6.03 Å². The molecule has 2 amide bonds. The molecule has 1 aliphatic carbocycles. The second-order valence-electron chi connectivity index (χ2n) is 6.79. The third-order valence-corrected chi connectivity index (χ3v) is 4.13. The quantitative estimate of drug-likeness (QED) is 0.767. The normalized spacial score (nSPS) is 22.9. The zero-order chi connectivity index (χ0) is 17.7. The molecular formula is C16H23F2N3O3. The van der Waals surface area contributed by atoms with E-state index >= 15 is 0 Å². The summed E-state index contributed by atoms with van der Waals surface area (Å²) in [7, 11) is 0. The van der Waals surface area contributed by atoms with Crippen LogP contribution >= 0.6 is 0 Å². The van der Waals surface area contributed by atoms with E-state index in [-0.39, 0.29) is 23.9 Å². The van der Waals surface area contributed by atoms with Gasteiger partial charge in [-0.15, -0.1) is 0 Å². The van der Waals surface area contributed by atoms with E-state index < -0.39 is 18.7 Å². The van der Waals surface area contributed by atoms with Gasteiger partial charge in [-0.05, 0) is 36.3 Å². The van der Waals surface area contributed by atoms with Crippen LogP contribution < -0.4 is 15.4 Å². The van der Waals surface area contributed by atoms with Crippen molar-refractivity contribution in [1.29, 1.82) is 0 Å². The number of ether oxygens (including phenoxy) is 1. The molecule has 3 N–H and O–H groups in total. The Kier molecular flexibility index (Phi) is 5.93. The maximum absolute atomic E-state index is 12.2. The van der Waals surface area contributed by atoms with Crippen molar-refractivity contribution in [3.05, 3.63) is 23.9 Å². The third-order valence-electron chi connectivity index (χ3n) is 4.13. The summed E-state index contributed by atoms with van der Waals surface area (Å²) in [5, 5.41) is 15.4. The second-order valence-corrected chi connectivity index (χ2v) is 6.79. The number of aliphatic hydroxyl groups excluding tert-OH is 1. The van der Waals surface area contributed by atoms with Gasteiger partial charge in [0.1, 0.15) is 0 Å². The lowest BCUT2D eigenvalue weighted by Gasteiger charge is -2.38. The lowest BCUT2D eigenvalue weighted by Crippen LogP contribution is -2.51. The largest absolute Gasteiger partial charge is 0.417 e. The fourth-order valence-corrected chi connectivity index (χ4v) is 2.84. The number of nitrogens with one attached hydrogen (secondary N) is 2. The molecule has 2 atom stereocenters. The monoisotopic (exact) mass is 343 g/mol. The highest BCUT2D eigenvalue weighted by atomic mass is 19.3. The number of aliphatic hydroxyl groups is 1. The van der Waals surface area contributed by atoms with Crippen molar-refractivity contribution in [2.75, 3.05) is 0 Å². The number of pyridine rings is 1. The average Bonchev–Trinajstić information content (AvgIpc) is 2.48. The molecule has 6 nitrogen and oxygen atoms in total. The smallest absolute Gasteiger partial charge is 0.388 e. The van der Waals surface area contributed by atoms with Crippen LogP contribution in [0.1, 0.15) is 38.7 Å². The molecule has 0 spiro atoms. The van der Waals surface area contributed by atoms with Crippen molar-refractivity contribution in [2.45, 2.75) is 58.4 Å². The molecule has 0 bridgehead atoms. The number of amides is 2. The molecule has 0 radical (unpaired) electrons. The fourth-order valence-electron chi connectivity index (χ4n) is 2.84. The molecule has 1 aromatic heterocycles. The number of hydrogen-bond acceptors (Lipinski definition) is 4. The Balaban J connectivity index is 1.84. The van der Waals surface area contributed by atoms with Gasteiger partial charge in [-0.25, -0.2) is 9.78 Å². The van der Waals surface area contributed by atoms with Crippen LogP contribution in [0, 0.1) is 5.41 Å². The summed E-state index contributed by atoms with van der Waals surface area (Å²) in [6.07, 6.45) is 3.04. The number of carbonyl (C=O) groups excluding carboxylic acids is 1. The highest BCUT2D eigenvalue weighted by molar-refractivity contribution is 5.74. The first-order valence-electron chi connectivity index (χ1n) is 7.87. The Morgan fingerprint density at radius 2 is 2.29 bits per heavy atom. The molecule has 0 aromatic carbocycles. The lowest BCUT2D eigenvalue weighted by atomic mass is 9.74. The lowest BCUT2D eigenvalue weighted by molar-refractivity contribution is -0.0529. The maximum Gasteiger partial charge on any atom is 0.388 e. The summed E-state index contributed by atoms with van der Waals surface area (Å²) >= 11 is 0. The van der Waals surface area contributed by atoms with E-state index in [2.05, 4.69) is 34.2 Å². The van der Waals surface area contributed by atoms with Crippen molar-refractivity contribution < 1.29 is 23.4 Å². The van der Waals surface area contributed by atoms with Crippen LogP contribution in [-0.2, 0) is 6.54 Å². The number of hydrogen-bond donors (Lipinski definition) is 3. The zero-order valence-electron chi connectivity index (χ0n) is 13.8. The van der Waals surface area contributed by atoms with Gasteiger partial charge >= 0.3 is 12.6 Å². The topological polar surface area (TPSA) is 83.5 Å². The maximum atomic E-state index is 12.2. The number of aromatic nitrogens is 1. The van der Waals surface area contributed by atoms with Gasteiger partial charge in [-0.1, -0.05) is 13.8 Å². The minimum atomic E-state index is -2.94. The van der Waals surface area contributed by atoms with Crippen LogP contribution in [0.3, 0.4) is 0 Å². The summed E-state index contributed by atoms with van der Waals surface area (Å²) in [4.78, 5) is 15.7. The number of halogens is 2. The first kappa shape index (κ1) is 18.4. The molecule has 0 unspecified atom stereocenters. The van der Waals surface area contributed by atoms with Crippen molar-refractivity contribution in [1.82, 2.24) is 15.6 Å². The Bertz CT molecular complexity index is 569. The van der Waals surface area contributed by atoms with Crippen molar-refractivity contribution in [3.63, 3.8) is 0 Å². The van der Waals surface area contributed by atoms with Crippen LogP contribution in [0.4, 0.5) is 13.6 Å². The summed E-state index contributed by atoms with van der Waals surface area (Å²) in [6.45, 7) is 1.40. The Labute approximate surface area is 139 Å². The van der Waals surface area contributed by atoms with E-state index in [1.54, 1.807) is 6.07 Å². The van der Waals surface area contributed by atoms with Crippen LogP contribution in [0.15, 0.2) is 18.3 Å². The molecular weight excluding hydrogens is 320 g/mol. The highest BCUT2D eigenvalue weighted by Crippen LogP contribution is 2.35. The number of rotatable bonds is 5. The molecule has 1 aromatic rings. The van der Waals surface area contributed by atoms with E-state index in [1.807, 2.05) is 0 Å². The predicted molar refractivity (Wildman–Crippen MR) is 83.7 cm³/mol. The number of alkyl halides is 2. The molecule has 1 saturated carbocycles. The van der Waals surface area contributed by atoms with E-state index in [9.17, 15) is 18.7 Å². The summed E-state index contributed by atoms with van der Waals surface area (Å²) in [5.74, 6) is -0.200. The van der Waals surface area contributed by atoms with E-state index in [0.717, 1.165) is 6.42 Å². The predicted octanol–water partition coefficient (Wildman–Crippen LogP) is 2.42. The van der Waals surface area contributed by atoms with Crippen LogP contribution in [0.25, 0.3) is 0 Å². The molecule has 8 heteroatoms. The Morgan fingerprint density at radius 3 is 3.00 bits per heavy atom. The SMILES string of the molecule is CC1(C)CC[C@H](O)[C@@H](NC(=O)NCc2ccnc(OC(F)F)c2)C1. The Morgan fingerprint density at radius 1 is 1.54 bits per heavy atom. The Hall–Kier alpha value is -1.96. The highest BCUT2D eigenvalue weighted by Gasteiger charge is 2.34. The number of urea groups is 1. The molecule has 0 saturated heterocycles. The zero-order valence-corrected chi connectivity index (χ0v) is 13.8. The minimum Gasteiger partial charge on any atom is -0.417 e. The van der Waals surface area contributed by atoms with Gasteiger partial charge in [0, 0.05) is 18.8 Å². The molecule has 24 heavy (non-hydrogen) atoms.